The first-order chi connectivity index (χ1) is 13.0. The maximum absolute atomic E-state index is 10.7. The highest BCUT2D eigenvalue weighted by Gasteiger charge is 2.37. The minimum Gasteiger partial charge on any atom is -0.497 e. The van der Waals surface area contributed by atoms with Crippen molar-refractivity contribution >= 4 is 5.69 Å². The number of aliphatic hydroxyl groups excluding tert-OH is 1. The molecule has 0 aromatic heterocycles. The molecule has 3 nitrogen and oxygen atoms in total. The predicted octanol–water partition coefficient (Wildman–Crippen LogP) is 4.40. The molecule has 0 aliphatic carbocycles. The Kier molecular flexibility index (Phi) is 5.52. The van der Waals surface area contributed by atoms with Gasteiger partial charge in [0.05, 0.1) is 19.1 Å². The number of methoxy groups -OCH3 is 1. The van der Waals surface area contributed by atoms with Crippen LogP contribution in [0.2, 0.25) is 0 Å². The van der Waals surface area contributed by atoms with Gasteiger partial charge in [0.2, 0.25) is 0 Å². The minimum atomic E-state index is -0.636. The molecule has 0 saturated heterocycles. The molecular weight excluding hydrogens is 334 g/mol. The summed E-state index contributed by atoms with van der Waals surface area (Å²) in [5.74, 6) is 0.804. The van der Waals surface area contributed by atoms with Crippen LogP contribution in [0, 0.1) is 6.92 Å². The lowest BCUT2D eigenvalue weighted by Gasteiger charge is -2.35. The third-order valence-electron chi connectivity index (χ3n) is 5.30. The number of rotatable bonds is 6. The fraction of sp³-hybridized carbons (Fsp3) is 0.250. The monoisotopic (exact) mass is 361 g/mol. The van der Waals surface area contributed by atoms with Crippen molar-refractivity contribution in [2.45, 2.75) is 12.3 Å². The molecule has 0 heterocycles. The third-order valence-corrected chi connectivity index (χ3v) is 5.30. The molecular formula is C24H27NO2. The van der Waals surface area contributed by atoms with E-state index in [2.05, 4.69) is 48.2 Å². The van der Waals surface area contributed by atoms with Crippen LogP contribution in [0.25, 0.3) is 0 Å². The molecule has 0 radical (unpaired) electrons. The Hall–Kier alpha value is -2.78. The first kappa shape index (κ1) is 19.0. The van der Waals surface area contributed by atoms with Crippen LogP contribution < -0.4 is 9.64 Å². The smallest absolute Gasteiger partial charge is 0.118 e. The number of hydrogen-bond acceptors (Lipinski definition) is 3. The molecule has 1 atom stereocenters. The topological polar surface area (TPSA) is 32.7 Å². The van der Waals surface area contributed by atoms with Gasteiger partial charge in [0.15, 0.2) is 0 Å². The van der Waals surface area contributed by atoms with Crippen molar-refractivity contribution in [3.05, 3.63) is 95.1 Å². The van der Waals surface area contributed by atoms with E-state index in [-0.39, 0.29) is 6.61 Å². The Morgan fingerprint density at radius 3 is 1.89 bits per heavy atom. The summed E-state index contributed by atoms with van der Waals surface area (Å²) in [6.45, 7) is 2.07. The summed E-state index contributed by atoms with van der Waals surface area (Å²) in [7, 11) is 5.72. The molecule has 1 N–H and O–H groups in total. The van der Waals surface area contributed by atoms with Gasteiger partial charge in [0, 0.05) is 19.8 Å². The molecule has 0 spiro atoms. The van der Waals surface area contributed by atoms with Crippen LogP contribution in [0.1, 0.15) is 22.3 Å². The number of benzene rings is 3. The number of ether oxygens (including phenoxy) is 1. The zero-order valence-electron chi connectivity index (χ0n) is 16.4. The quantitative estimate of drug-likeness (QED) is 0.661. The van der Waals surface area contributed by atoms with Crippen molar-refractivity contribution in [3.8, 4) is 5.75 Å². The lowest BCUT2D eigenvalue weighted by molar-refractivity contribution is 0.242. The second-order valence-electron chi connectivity index (χ2n) is 7.05. The molecule has 0 fully saturated rings. The van der Waals surface area contributed by atoms with Gasteiger partial charge < -0.3 is 14.7 Å². The number of aryl methyl sites for hydroxylation is 1. The lowest BCUT2D eigenvalue weighted by Crippen LogP contribution is -2.34. The van der Waals surface area contributed by atoms with Crippen molar-refractivity contribution in [1.29, 1.82) is 0 Å². The molecule has 0 saturated carbocycles. The predicted molar refractivity (Wildman–Crippen MR) is 112 cm³/mol. The molecule has 140 valence electrons. The van der Waals surface area contributed by atoms with Crippen molar-refractivity contribution in [2.75, 3.05) is 32.7 Å². The van der Waals surface area contributed by atoms with Crippen LogP contribution >= 0.6 is 0 Å². The molecule has 0 bridgehead atoms. The van der Waals surface area contributed by atoms with E-state index in [1.165, 1.54) is 0 Å². The number of anilines is 1. The maximum Gasteiger partial charge on any atom is 0.118 e. The summed E-state index contributed by atoms with van der Waals surface area (Å²) >= 11 is 0. The SMILES string of the molecule is COc1ccc(C(CO)(c2ccc(N(C)C)cc2)c2ccccc2C)cc1. The lowest BCUT2D eigenvalue weighted by atomic mass is 9.68. The van der Waals surface area contributed by atoms with Crippen LogP contribution in [-0.4, -0.2) is 32.9 Å². The standard InChI is InChI=1S/C24H27NO2/c1-18-7-5-6-8-23(18)24(17-26,20-11-15-22(27-4)16-12-20)19-9-13-21(14-10-19)25(2)3/h5-16,26H,17H2,1-4H3. The summed E-state index contributed by atoms with van der Waals surface area (Å²) < 4.78 is 5.32. The Morgan fingerprint density at radius 1 is 0.852 bits per heavy atom. The van der Waals surface area contributed by atoms with Crippen LogP contribution in [0.5, 0.6) is 5.75 Å². The Balaban J connectivity index is 2.25. The van der Waals surface area contributed by atoms with Gasteiger partial charge in [0.1, 0.15) is 5.75 Å². The van der Waals surface area contributed by atoms with Gasteiger partial charge in [-0.05, 0) is 53.4 Å². The second kappa shape index (κ2) is 7.85. The van der Waals surface area contributed by atoms with Crippen LogP contribution in [-0.2, 0) is 5.41 Å². The largest absolute Gasteiger partial charge is 0.497 e. The van der Waals surface area contributed by atoms with E-state index in [9.17, 15) is 5.11 Å². The van der Waals surface area contributed by atoms with Gasteiger partial charge in [-0.2, -0.15) is 0 Å². The molecule has 3 aromatic rings. The number of nitrogens with zero attached hydrogens (tertiary/aromatic N) is 1. The minimum absolute atomic E-state index is 0.0223. The summed E-state index contributed by atoms with van der Waals surface area (Å²) in [6.07, 6.45) is 0. The fourth-order valence-corrected chi connectivity index (χ4v) is 3.72. The summed E-state index contributed by atoms with van der Waals surface area (Å²) in [4.78, 5) is 2.07. The van der Waals surface area contributed by atoms with E-state index in [1.807, 2.05) is 50.5 Å². The zero-order valence-corrected chi connectivity index (χ0v) is 16.4. The molecule has 3 rings (SSSR count). The Labute approximate surface area is 161 Å². The van der Waals surface area contributed by atoms with Gasteiger partial charge in [-0.3, -0.25) is 0 Å². The van der Waals surface area contributed by atoms with Gasteiger partial charge in [-0.1, -0.05) is 48.5 Å². The highest BCUT2D eigenvalue weighted by atomic mass is 16.5. The fourth-order valence-electron chi connectivity index (χ4n) is 3.72. The first-order valence-corrected chi connectivity index (χ1v) is 9.12. The molecule has 3 heteroatoms. The second-order valence-corrected chi connectivity index (χ2v) is 7.05. The van der Waals surface area contributed by atoms with Crippen molar-refractivity contribution in [1.82, 2.24) is 0 Å². The number of hydrogen-bond donors (Lipinski definition) is 1. The summed E-state index contributed by atoms with van der Waals surface area (Å²) in [5, 5.41) is 10.7. The highest BCUT2D eigenvalue weighted by molar-refractivity contribution is 5.56. The van der Waals surface area contributed by atoms with E-state index < -0.39 is 5.41 Å². The van der Waals surface area contributed by atoms with Crippen LogP contribution in [0.3, 0.4) is 0 Å². The van der Waals surface area contributed by atoms with Gasteiger partial charge in [0.25, 0.3) is 0 Å². The van der Waals surface area contributed by atoms with Crippen LogP contribution in [0.4, 0.5) is 5.69 Å². The maximum atomic E-state index is 10.7. The molecule has 27 heavy (non-hydrogen) atoms. The third kappa shape index (κ3) is 3.43. The normalized spacial score (nSPS) is 13.1. The molecule has 0 amide bonds. The summed E-state index contributed by atoms with van der Waals surface area (Å²) in [5.41, 5.74) is 4.86. The molecule has 1 unspecified atom stereocenters. The van der Waals surface area contributed by atoms with Crippen molar-refractivity contribution in [3.63, 3.8) is 0 Å². The van der Waals surface area contributed by atoms with E-state index in [0.29, 0.717) is 0 Å². The molecule has 3 aromatic carbocycles. The van der Waals surface area contributed by atoms with Gasteiger partial charge >= 0.3 is 0 Å². The highest BCUT2D eigenvalue weighted by Crippen LogP contribution is 2.41. The van der Waals surface area contributed by atoms with Gasteiger partial charge in [-0.15, -0.1) is 0 Å². The Bertz CT molecular complexity index is 885. The first-order valence-electron chi connectivity index (χ1n) is 9.12. The van der Waals surface area contributed by atoms with E-state index in [0.717, 1.165) is 33.7 Å². The summed E-state index contributed by atoms with van der Waals surface area (Å²) in [6, 6.07) is 24.7. The van der Waals surface area contributed by atoms with Crippen molar-refractivity contribution < 1.29 is 9.84 Å². The van der Waals surface area contributed by atoms with Crippen molar-refractivity contribution in [2.24, 2.45) is 0 Å². The molecule has 0 aliphatic heterocycles. The van der Waals surface area contributed by atoms with Gasteiger partial charge in [-0.25, -0.2) is 0 Å². The average Bonchev–Trinajstić information content (AvgIpc) is 2.71. The van der Waals surface area contributed by atoms with E-state index in [4.69, 9.17) is 4.74 Å². The van der Waals surface area contributed by atoms with E-state index >= 15 is 0 Å². The van der Waals surface area contributed by atoms with Crippen LogP contribution in [0.15, 0.2) is 72.8 Å². The average molecular weight is 361 g/mol. The van der Waals surface area contributed by atoms with E-state index in [1.54, 1.807) is 7.11 Å². The Morgan fingerprint density at radius 2 is 1.41 bits per heavy atom. The zero-order chi connectivity index (χ0) is 19.4. The molecule has 0 aliphatic rings. The number of aliphatic hydroxyl groups is 1.